The zero-order chi connectivity index (χ0) is 25.6. The topological polar surface area (TPSA) is 116 Å². The highest BCUT2D eigenvalue weighted by molar-refractivity contribution is 7.81. The molecule has 3 rings (SSSR count). The Morgan fingerprint density at radius 3 is 2.23 bits per heavy atom. The number of carboxylic acids is 1. The van der Waals surface area contributed by atoms with E-state index in [0.29, 0.717) is 24.8 Å². The fourth-order valence-electron chi connectivity index (χ4n) is 4.53. The Kier molecular flexibility index (Phi) is 8.83. The Labute approximate surface area is 211 Å². The van der Waals surface area contributed by atoms with Crippen LogP contribution in [0, 0.1) is 5.92 Å². The molecule has 0 saturated heterocycles. The molecular formula is C27H34N2O5S. The first-order chi connectivity index (χ1) is 16.6. The van der Waals surface area contributed by atoms with Gasteiger partial charge in [-0.05, 0) is 42.4 Å². The third-order valence-electron chi connectivity index (χ3n) is 6.46. The van der Waals surface area contributed by atoms with Crippen LogP contribution >= 0.6 is 12.6 Å². The van der Waals surface area contributed by atoms with Crippen LogP contribution in [0.4, 0.5) is 0 Å². The number of carboxylic acid groups (broad SMARTS) is 1. The van der Waals surface area contributed by atoms with Crippen LogP contribution < -0.4 is 10.6 Å². The van der Waals surface area contributed by atoms with E-state index in [1.54, 1.807) is 30.3 Å². The van der Waals surface area contributed by atoms with Crippen molar-refractivity contribution in [2.24, 2.45) is 5.92 Å². The molecule has 1 saturated carbocycles. The molecule has 0 bridgehead atoms. The molecule has 1 fully saturated rings. The van der Waals surface area contributed by atoms with E-state index >= 15 is 0 Å². The molecule has 0 heterocycles. The van der Waals surface area contributed by atoms with Crippen LogP contribution in [0.3, 0.4) is 0 Å². The van der Waals surface area contributed by atoms with E-state index in [4.69, 9.17) is 0 Å². The highest BCUT2D eigenvalue weighted by Gasteiger charge is 2.44. The zero-order valence-electron chi connectivity index (χ0n) is 20.2. The number of phenolic OH excluding ortho intramolecular Hbond substituents is 1. The molecule has 0 radical (unpaired) electrons. The maximum atomic E-state index is 13.3. The Morgan fingerprint density at radius 2 is 1.66 bits per heavy atom. The molecular weight excluding hydrogens is 464 g/mol. The first-order valence-corrected chi connectivity index (χ1v) is 12.5. The molecule has 2 aromatic carbocycles. The van der Waals surface area contributed by atoms with E-state index in [0.717, 1.165) is 24.0 Å². The number of aliphatic carboxylic acids is 1. The van der Waals surface area contributed by atoms with Crippen LogP contribution in [0.25, 0.3) is 11.1 Å². The van der Waals surface area contributed by atoms with Gasteiger partial charge in [0.2, 0.25) is 11.8 Å². The quantitative estimate of drug-likeness (QED) is 0.318. The first kappa shape index (κ1) is 26.6. The molecule has 1 aliphatic carbocycles. The SMILES string of the molecule is CC(C)CC(S)C(=O)NC1(C(=O)NC(Cc2ccc(-c3ccccc3O)cc2)C(=O)O)CCCC1. The average molecular weight is 499 g/mol. The second kappa shape index (κ2) is 11.6. The van der Waals surface area contributed by atoms with Gasteiger partial charge in [0.25, 0.3) is 0 Å². The molecule has 0 spiro atoms. The molecule has 0 aromatic heterocycles. The second-order valence-corrected chi connectivity index (χ2v) is 10.3. The van der Waals surface area contributed by atoms with Crippen LogP contribution in [-0.4, -0.2) is 44.8 Å². The van der Waals surface area contributed by atoms with Gasteiger partial charge in [0, 0.05) is 12.0 Å². The third-order valence-corrected chi connectivity index (χ3v) is 6.91. The summed E-state index contributed by atoms with van der Waals surface area (Å²) in [5, 5.41) is 24.9. The van der Waals surface area contributed by atoms with Crippen molar-refractivity contribution in [1.29, 1.82) is 0 Å². The van der Waals surface area contributed by atoms with E-state index in [1.165, 1.54) is 0 Å². The highest BCUT2D eigenvalue weighted by Crippen LogP contribution is 2.31. The molecule has 188 valence electrons. The Bertz CT molecular complexity index is 1050. The number of rotatable bonds is 10. The van der Waals surface area contributed by atoms with Gasteiger partial charge in [-0.3, -0.25) is 9.59 Å². The van der Waals surface area contributed by atoms with Crippen molar-refractivity contribution >= 4 is 30.4 Å². The summed E-state index contributed by atoms with van der Waals surface area (Å²) in [5.74, 6) is -1.46. The fraction of sp³-hybridized carbons (Fsp3) is 0.444. The summed E-state index contributed by atoms with van der Waals surface area (Å²) in [5.41, 5.74) is 1.10. The van der Waals surface area contributed by atoms with Crippen molar-refractivity contribution in [3.63, 3.8) is 0 Å². The molecule has 7 nitrogen and oxygen atoms in total. The minimum Gasteiger partial charge on any atom is -0.507 e. The van der Waals surface area contributed by atoms with E-state index in [2.05, 4.69) is 23.3 Å². The molecule has 1 aliphatic rings. The summed E-state index contributed by atoms with van der Waals surface area (Å²) < 4.78 is 0. The summed E-state index contributed by atoms with van der Waals surface area (Å²) >= 11 is 4.40. The lowest BCUT2D eigenvalue weighted by Crippen LogP contribution is -2.61. The van der Waals surface area contributed by atoms with Gasteiger partial charge in [-0.1, -0.05) is 69.2 Å². The summed E-state index contributed by atoms with van der Waals surface area (Å²) in [6.07, 6.45) is 3.17. The molecule has 0 aliphatic heterocycles. The average Bonchev–Trinajstić information content (AvgIpc) is 3.28. The minimum atomic E-state index is -1.14. The van der Waals surface area contributed by atoms with Crippen LogP contribution in [-0.2, 0) is 20.8 Å². The number of aromatic hydroxyl groups is 1. The van der Waals surface area contributed by atoms with Gasteiger partial charge in [0.1, 0.15) is 17.3 Å². The fourth-order valence-corrected chi connectivity index (χ4v) is 5.02. The largest absolute Gasteiger partial charge is 0.507 e. The number of benzene rings is 2. The second-order valence-electron chi connectivity index (χ2n) is 9.71. The Hall–Kier alpha value is -3.00. The number of para-hydroxylation sites is 1. The van der Waals surface area contributed by atoms with Gasteiger partial charge in [-0.2, -0.15) is 12.6 Å². The smallest absolute Gasteiger partial charge is 0.326 e. The van der Waals surface area contributed by atoms with E-state index in [-0.39, 0.29) is 24.0 Å². The van der Waals surface area contributed by atoms with Gasteiger partial charge in [-0.25, -0.2) is 4.79 Å². The molecule has 8 heteroatoms. The van der Waals surface area contributed by atoms with Crippen molar-refractivity contribution in [3.05, 3.63) is 54.1 Å². The standard InChI is InChI=1S/C27H34N2O5S/c1-17(2)15-23(35)24(31)29-27(13-5-6-14-27)26(34)28-21(25(32)33)16-18-9-11-19(12-10-18)20-7-3-4-8-22(20)30/h3-4,7-12,17,21,23,30,35H,5-6,13-16H2,1-2H3,(H,28,34)(H,29,31)(H,32,33). The lowest BCUT2D eigenvalue weighted by Gasteiger charge is -2.31. The van der Waals surface area contributed by atoms with Gasteiger partial charge < -0.3 is 20.8 Å². The highest BCUT2D eigenvalue weighted by atomic mass is 32.1. The molecule has 4 N–H and O–H groups in total. The van der Waals surface area contributed by atoms with Crippen LogP contribution in [0.1, 0.15) is 51.5 Å². The number of carbonyl (C=O) groups excluding carboxylic acids is 2. The van der Waals surface area contributed by atoms with Crippen molar-refractivity contribution < 1.29 is 24.6 Å². The maximum Gasteiger partial charge on any atom is 0.326 e. The third kappa shape index (κ3) is 6.78. The first-order valence-electron chi connectivity index (χ1n) is 12.0. The van der Waals surface area contributed by atoms with Gasteiger partial charge in [0.05, 0.1) is 5.25 Å². The minimum absolute atomic E-state index is 0.0920. The molecule has 2 amide bonds. The summed E-state index contributed by atoms with van der Waals surface area (Å²) in [6.45, 7) is 4.00. The Balaban J connectivity index is 1.71. The van der Waals surface area contributed by atoms with E-state index in [9.17, 15) is 24.6 Å². The number of amides is 2. The lowest BCUT2D eigenvalue weighted by molar-refractivity contribution is -0.143. The number of phenols is 1. The molecule has 2 unspecified atom stereocenters. The van der Waals surface area contributed by atoms with Crippen LogP contribution in [0.5, 0.6) is 5.75 Å². The van der Waals surface area contributed by atoms with Crippen LogP contribution in [0.2, 0.25) is 0 Å². The van der Waals surface area contributed by atoms with E-state index in [1.807, 2.05) is 32.0 Å². The predicted octanol–water partition coefficient (Wildman–Crippen LogP) is 3.94. The van der Waals surface area contributed by atoms with E-state index < -0.39 is 28.7 Å². The van der Waals surface area contributed by atoms with Crippen molar-refractivity contribution in [2.45, 2.75) is 69.2 Å². The summed E-state index contributed by atoms with van der Waals surface area (Å²) in [6, 6.07) is 13.0. The Morgan fingerprint density at radius 1 is 1.03 bits per heavy atom. The number of carbonyl (C=O) groups is 3. The van der Waals surface area contributed by atoms with Gasteiger partial charge in [-0.15, -0.1) is 0 Å². The van der Waals surface area contributed by atoms with Gasteiger partial charge in [0.15, 0.2) is 0 Å². The van der Waals surface area contributed by atoms with Crippen molar-refractivity contribution in [1.82, 2.24) is 10.6 Å². The predicted molar refractivity (Wildman–Crippen MR) is 138 cm³/mol. The molecule has 2 atom stereocenters. The number of hydrogen-bond acceptors (Lipinski definition) is 5. The summed E-state index contributed by atoms with van der Waals surface area (Å²) in [7, 11) is 0. The lowest BCUT2D eigenvalue weighted by atomic mass is 9.94. The van der Waals surface area contributed by atoms with Crippen molar-refractivity contribution in [2.75, 3.05) is 0 Å². The zero-order valence-corrected chi connectivity index (χ0v) is 21.1. The number of nitrogens with one attached hydrogen (secondary N) is 2. The normalized spacial score (nSPS) is 16.5. The number of hydrogen-bond donors (Lipinski definition) is 5. The van der Waals surface area contributed by atoms with Crippen molar-refractivity contribution in [3.8, 4) is 16.9 Å². The number of thiol groups is 1. The summed E-state index contributed by atoms with van der Waals surface area (Å²) in [4.78, 5) is 38.0. The van der Waals surface area contributed by atoms with Crippen LogP contribution in [0.15, 0.2) is 48.5 Å². The van der Waals surface area contributed by atoms with Gasteiger partial charge >= 0.3 is 5.97 Å². The molecule has 2 aromatic rings. The molecule has 35 heavy (non-hydrogen) atoms. The maximum absolute atomic E-state index is 13.3. The monoisotopic (exact) mass is 498 g/mol.